The van der Waals surface area contributed by atoms with E-state index in [0.29, 0.717) is 12.2 Å². The summed E-state index contributed by atoms with van der Waals surface area (Å²) in [6, 6.07) is 14.8. The van der Waals surface area contributed by atoms with E-state index in [1.807, 2.05) is 24.3 Å². The van der Waals surface area contributed by atoms with Gasteiger partial charge in [0.1, 0.15) is 0 Å². The maximum absolute atomic E-state index is 14.6. The molecule has 1 atom stereocenters. The van der Waals surface area contributed by atoms with E-state index in [2.05, 4.69) is 31.2 Å². The van der Waals surface area contributed by atoms with E-state index in [9.17, 15) is 8.78 Å². The van der Waals surface area contributed by atoms with Gasteiger partial charge in [-0.3, -0.25) is 0 Å². The summed E-state index contributed by atoms with van der Waals surface area (Å²) in [7, 11) is 0. The summed E-state index contributed by atoms with van der Waals surface area (Å²) >= 11 is 1.71. The third-order valence-corrected chi connectivity index (χ3v) is 5.88. The zero-order valence-corrected chi connectivity index (χ0v) is 15.9. The summed E-state index contributed by atoms with van der Waals surface area (Å²) in [5, 5.41) is 0. The van der Waals surface area contributed by atoms with Crippen molar-refractivity contribution < 1.29 is 13.5 Å². The Hall–Kier alpha value is -2.46. The fourth-order valence-corrected chi connectivity index (χ4v) is 4.17. The molecule has 0 spiro atoms. The van der Waals surface area contributed by atoms with E-state index in [0.717, 1.165) is 23.3 Å². The highest BCUT2D eigenvalue weighted by atomic mass is 32.1. The highest BCUT2D eigenvalue weighted by Crippen LogP contribution is 2.33. The summed E-state index contributed by atoms with van der Waals surface area (Å²) < 4.78 is 34.6. The smallest absolute Gasteiger partial charge is 0.201 e. The minimum absolute atomic E-state index is 0.0257. The highest BCUT2D eigenvalue weighted by Gasteiger charge is 2.17. The van der Waals surface area contributed by atoms with Crippen molar-refractivity contribution in [3.8, 4) is 27.3 Å². The molecule has 1 heterocycles. The van der Waals surface area contributed by atoms with Crippen LogP contribution in [0.5, 0.6) is 5.75 Å². The number of allylic oxidation sites excluding steroid dienone is 1. The Labute approximate surface area is 161 Å². The highest BCUT2D eigenvalue weighted by molar-refractivity contribution is 7.15. The average molecular weight is 382 g/mol. The van der Waals surface area contributed by atoms with Crippen molar-refractivity contribution in [3.05, 3.63) is 77.2 Å². The first-order chi connectivity index (χ1) is 13.1. The summed E-state index contributed by atoms with van der Waals surface area (Å²) in [6.45, 7) is 2.44. The molecule has 0 aliphatic heterocycles. The summed E-state index contributed by atoms with van der Waals surface area (Å²) in [6.07, 6.45) is 6.18. The Balaban J connectivity index is 1.54. The van der Waals surface area contributed by atoms with Gasteiger partial charge in [0.25, 0.3) is 0 Å². The lowest BCUT2D eigenvalue weighted by Crippen LogP contribution is -2.09. The average Bonchev–Trinajstić information content (AvgIpc) is 3.35. The van der Waals surface area contributed by atoms with Crippen molar-refractivity contribution in [1.29, 1.82) is 0 Å². The number of ether oxygens (including phenoxy) is 1. The Bertz CT molecular complexity index is 973. The van der Waals surface area contributed by atoms with Gasteiger partial charge in [-0.25, -0.2) is 4.39 Å². The zero-order chi connectivity index (χ0) is 18.8. The first-order valence-corrected chi connectivity index (χ1v) is 9.88. The van der Waals surface area contributed by atoms with E-state index in [4.69, 9.17) is 4.74 Å². The van der Waals surface area contributed by atoms with Crippen LogP contribution < -0.4 is 4.74 Å². The molecule has 1 unspecified atom stereocenters. The van der Waals surface area contributed by atoms with Gasteiger partial charge in [-0.05, 0) is 55.2 Å². The van der Waals surface area contributed by atoms with Crippen LogP contribution in [0.25, 0.3) is 21.6 Å². The SMILES string of the molecule is Cc1ccc(-c2ccc(-c3ccc(OCC4C=CCC4)c(F)c3F)cc2)s1. The summed E-state index contributed by atoms with van der Waals surface area (Å²) in [5.74, 6) is -1.54. The lowest BCUT2D eigenvalue weighted by Gasteiger charge is -2.13. The third kappa shape index (κ3) is 3.81. The van der Waals surface area contributed by atoms with Crippen molar-refractivity contribution in [2.45, 2.75) is 19.8 Å². The van der Waals surface area contributed by atoms with E-state index in [1.165, 1.54) is 10.9 Å². The number of halogens is 2. The monoisotopic (exact) mass is 382 g/mol. The zero-order valence-electron chi connectivity index (χ0n) is 15.0. The second-order valence-electron chi connectivity index (χ2n) is 6.80. The van der Waals surface area contributed by atoms with Crippen molar-refractivity contribution >= 4 is 11.3 Å². The predicted octanol–water partition coefficient (Wildman–Crippen LogP) is 7.01. The number of benzene rings is 2. The van der Waals surface area contributed by atoms with Gasteiger partial charge in [-0.1, -0.05) is 36.4 Å². The molecule has 138 valence electrons. The van der Waals surface area contributed by atoms with Gasteiger partial charge in [0.2, 0.25) is 5.82 Å². The van der Waals surface area contributed by atoms with Crippen LogP contribution in [0.3, 0.4) is 0 Å². The van der Waals surface area contributed by atoms with Crippen molar-refractivity contribution in [2.24, 2.45) is 5.92 Å². The molecule has 4 heteroatoms. The Kier molecular flexibility index (Phi) is 5.08. The number of hydrogen-bond acceptors (Lipinski definition) is 2. The number of thiophene rings is 1. The molecule has 27 heavy (non-hydrogen) atoms. The normalized spacial score (nSPS) is 16.0. The third-order valence-electron chi connectivity index (χ3n) is 4.83. The van der Waals surface area contributed by atoms with Gasteiger partial charge >= 0.3 is 0 Å². The first-order valence-electron chi connectivity index (χ1n) is 9.06. The largest absolute Gasteiger partial charge is 0.490 e. The number of aryl methyl sites for hydroxylation is 1. The van der Waals surface area contributed by atoms with E-state index < -0.39 is 11.6 Å². The van der Waals surface area contributed by atoms with Crippen LogP contribution >= 0.6 is 11.3 Å². The lowest BCUT2D eigenvalue weighted by atomic mass is 10.0. The topological polar surface area (TPSA) is 9.23 Å². The van der Waals surface area contributed by atoms with E-state index >= 15 is 0 Å². The molecule has 1 aliphatic rings. The summed E-state index contributed by atoms with van der Waals surface area (Å²) in [4.78, 5) is 2.40. The van der Waals surface area contributed by atoms with Crippen LogP contribution in [-0.2, 0) is 0 Å². The van der Waals surface area contributed by atoms with Crippen LogP contribution in [0.2, 0.25) is 0 Å². The molecule has 1 aliphatic carbocycles. The van der Waals surface area contributed by atoms with E-state index in [-0.39, 0.29) is 17.2 Å². The standard InChI is InChI=1S/C23H20F2OS/c1-15-6-13-21(27-15)18-9-7-17(8-10-18)19-11-12-20(23(25)22(19)24)26-14-16-4-2-3-5-16/h2,4,6-13,16H,3,5,14H2,1H3. The van der Waals surface area contributed by atoms with Gasteiger partial charge < -0.3 is 4.74 Å². The Morgan fingerprint density at radius 2 is 1.74 bits per heavy atom. The second-order valence-corrected chi connectivity index (χ2v) is 8.09. The Morgan fingerprint density at radius 1 is 0.963 bits per heavy atom. The molecular weight excluding hydrogens is 362 g/mol. The van der Waals surface area contributed by atoms with Gasteiger partial charge in [-0.15, -0.1) is 11.3 Å². The predicted molar refractivity (Wildman–Crippen MR) is 107 cm³/mol. The Morgan fingerprint density at radius 3 is 2.41 bits per heavy atom. The molecule has 2 aromatic carbocycles. The van der Waals surface area contributed by atoms with Gasteiger partial charge in [0.05, 0.1) is 6.61 Å². The number of rotatable bonds is 5. The fourth-order valence-electron chi connectivity index (χ4n) is 3.30. The minimum Gasteiger partial charge on any atom is -0.490 e. The first kappa shape index (κ1) is 17.9. The molecule has 0 radical (unpaired) electrons. The molecule has 3 aromatic rings. The molecule has 0 fully saturated rings. The van der Waals surface area contributed by atoms with Gasteiger partial charge in [-0.2, -0.15) is 4.39 Å². The molecule has 0 saturated carbocycles. The van der Waals surface area contributed by atoms with Crippen molar-refractivity contribution in [3.63, 3.8) is 0 Å². The molecule has 0 amide bonds. The molecule has 1 nitrogen and oxygen atoms in total. The maximum atomic E-state index is 14.6. The van der Waals surface area contributed by atoms with Crippen LogP contribution in [0.1, 0.15) is 17.7 Å². The molecule has 0 bridgehead atoms. The number of hydrogen-bond donors (Lipinski definition) is 0. The van der Waals surface area contributed by atoms with E-state index in [1.54, 1.807) is 17.4 Å². The maximum Gasteiger partial charge on any atom is 0.201 e. The lowest BCUT2D eigenvalue weighted by molar-refractivity contribution is 0.258. The van der Waals surface area contributed by atoms with Crippen LogP contribution in [0.4, 0.5) is 8.78 Å². The molecule has 4 rings (SSSR count). The minimum atomic E-state index is -0.924. The summed E-state index contributed by atoms with van der Waals surface area (Å²) in [5.41, 5.74) is 1.96. The quantitative estimate of drug-likeness (QED) is 0.431. The van der Waals surface area contributed by atoms with Crippen LogP contribution in [0, 0.1) is 24.5 Å². The van der Waals surface area contributed by atoms with Gasteiger partial charge in [0.15, 0.2) is 11.6 Å². The van der Waals surface area contributed by atoms with Crippen LogP contribution in [-0.4, -0.2) is 6.61 Å². The molecule has 0 saturated heterocycles. The van der Waals surface area contributed by atoms with Gasteiger partial charge in [0, 0.05) is 21.2 Å². The van der Waals surface area contributed by atoms with Crippen LogP contribution in [0.15, 0.2) is 60.7 Å². The molecule has 1 aromatic heterocycles. The fraction of sp³-hybridized carbons (Fsp3) is 0.217. The van der Waals surface area contributed by atoms with Crippen molar-refractivity contribution in [2.75, 3.05) is 6.61 Å². The second kappa shape index (κ2) is 7.65. The molecular formula is C23H20F2OS. The van der Waals surface area contributed by atoms with Crippen molar-refractivity contribution in [1.82, 2.24) is 0 Å². The molecule has 0 N–H and O–H groups in total.